The van der Waals surface area contributed by atoms with Gasteiger partial charge in [-0.15, -0.1) is 0 Å². The molecule has 70 valence electrons. The van der Waals surface area contributed by atoms with Gasteiger partial charge < -0.3 is 0 Å². The number of hydrogen-bond acceptors (Lipinski definition) is 1. The van der Waals surface area contributed by atoms with E-state index in [9.17, 15) is 4.39 Å². The first-order valence-electron chi connectivity index (χ1n) is 4.74. The van der Waals surface area contributed by atoms with Gasteiger partial charge in [-0.2, -0.15) is 0 Å². The maximum atomic E-state index is 12.6. The van der Waals surface area contributed by atoms with Crippen molar-refractivity contribution in [1.29, 1.82) is 0 Å². The summed E-state index contributed by atoms with van der Waals surface area (Å²) >= 11 is 2.02. The second-order valence-corrected chi connectivity index (χ2v) is 3.37. The van der Waals surface area contributed by atoms with Crippen LogP contribution >= 0.6 is 0 Å². The Kier molecular flexibility index (Phi) is 3.10. The number of halogens is 1. The van der Waals surface area contributed by atoms with Crippen molar-refractivity contribution in [2.45, 2.75) is 0 Å². The Morgan fingerprint density at radius 2 is 1.27 bits per heavy atom. The Hall–Kier alpha value is -1.23. The Labute approximate surface area is 97.1 Å². The Morgan fingerprint density at radius 1 is 0.800 bits per heavy atom. The van der Waals surface area contributed by atoms with E-state index in [1.54, 1.807) is 12.1 Å². The molecule has 0 amide bonds. The number of hydrogen-bond donors (Lipinski definition) is 0. The van der Waals surface area contributed by atoms with Crippen molar-refractivity contribution in [3.63, 3.8) is 0 Å². The molecule has 0 N–H and O–H groups in total. The third-order valence-corrected chi connectivity index (χ3v) is 2.07. The van der Waals surface area contributed by atoms with Crippen molar-refractivity contribution in [2.75, 3.05) is 0 Å². The second kappa shape index (κ2) is 4.52. The number of rotatable bonds is 2. The van der Waals surface area contributed by atoms with E-state index in [0.29, 0.717) is 5.75 Å². The quantitative estimate of drug-likeness (QED) is 0.667. The van der Waals surface area contributed by atoms with Gasteiger partial charge in [-0.05, 0) is 0 Å². The first kappa shape index (κ1) is 10.3. The molecule has 0 aliphatic heterocycles. The fourth-order valence-electron chi connectivity index (χ4n) is 1.25. The molecule has 2 rings (SSSR count). The SMILES string of the molecule is [Li][c]1ccc(Oc2ccc(F)cc2)cc1. The van der Waals surface area contributed by atoms with Gasteiger partial charge in [0.25, 0.3) is 0 Å². The summed E-state index contributed by atoms with van der Waals surface area (Å²) in [5, 5.41) is 0. The van der Waals surface area contributed by atoms with E-state index in [1.165, 1.54) is 16.4 Å². The van der Waals surface area contributed by atoms with E-state index in [0.717, 1.165) is 5.75 Å². The van der Waals surface area contributed by atoms with Crippen molar-refractivity contribution in [3.8, 4) is 11.5 Å². The van der Waals surface area contributed by atoms with Crippen molar-refractivity contribution < 1.29 is 9.13 Å². The summed E-state index contributed by atoms with van der Waals surface area (Å²) in [5.74, 6) is 1.14. The molecule has 0 saturated heterocycles. The predicted molar refractivity (Wildman–Crippen MR) is 58.3 cm³/mol. The molecule has 0 radical (unpaired) electrons. The van der Waals surface area contributed by atoms with Crippen molar-refractivity contribution in [3.05, 3.63) is 54.3 Å². The van der Waals surface area contributed by atoms with Gasteiger partial charge in [0.05, 0.1) is 0 Å². The average molecular weight is 194 g/mol. The van der Waals surface area contributed by atoms with Gasteiger partial charge in [0, 0.05) is 0 Å². The third kappa shape index (κ3) is 2.86. The van der Waals surface area contributed by atoms with Crippen LogP contribution in [0.3, 0.4) is 0 Å². The molecule has 0 unspecified atom stereocenters. The van der Waals surface area contributed by atoms with Gasteiger partial charge in [-0.1, -0.05) is 0 Å². The van der Waals surface area contributed by atoms with Crippen molar-refractivity contribution in [2.24, 2.45) is 0 Å². The molecule has 0 atom stereocenters. The molecule has 0 aliphatic rings. The molecule has 0 aliphatic carbocycles. The van der Waals surface area contributed by atoms with Crippen LogP contribution in [0.15, 0.2) is 48.5 Å². The molecular formula is C12H8FLiO. The summed E-state index contributed by atoms with van der Waals surface area (Å²) in [5.41, 5.74) is 0. The first-order chi connectivity index (χ1) is 7.24. The molecule has 0 fully saturated rings. The molecule has 3 heteroatoms. The third-order valence-electron chi connectivity index (χ3n) is 2.07. The zero-order valence-electron chi connectivity index (χ0n) is 8.41. The molecule has 0 heterocycles. The Morgan fingerprint density at radius 3 is 1.80 bits per heavy atom. The predicted octanol–water partition coefficient (Wildman–Crippen LogP) is 2.41. The van der Waals surface area contributed by atoms with Crippen LogP contribution in [0.1, 0.15) is 0 Å². The van der Waals surface area contributed by atoms with Crippen LogP contribution < -0.4 is 8.97 Å². The molecule has 0 saturated carbocycles. The van der Waals surface area contributed by atoms with Gasteiger partial charge in [-0.25, -0.2) is 0 Å². The van der Waals surface area contributed by atoms with Crippen molar-refractivity contribution in [1.82, 2.24) is 0 Å². The van der Waals surface area contributed by atoms with Gasteiger partial charge >= 0.3 is 96.9 Å². The van der Waals surface area contributed by atoms with Crippen molar-refractivity contribution >= 4 is 22.0 Å². The zero-order chi connectivity index (χ0) is 10.7. The average Bonchev–Trinajstić information content (AvgIpc) is 2.25. The maximum absolute atomic E-state index is 12.6. The summed E-state index contributed by atoms with van der Waals surface area (Å²) in [4.78, 5) is 0. The minimum atomic E-state index is -0.258. The molecule has 2 aromatic rings. The van der Waals surface area contributed by atoms with E-state index in [1.807, 2.05) is 42.0 Å². The fourth-order valence-corrected chi connectivity index (χ4v) is 1.25. The Balaban J connectivity index is 2.15. The fraction of sp³-hybridized carbons (Fsp3) is 0. The number of benzene rings is 2. The summed E-state index contributed by atoms with van der Waals surface area (Å²) in [6.07, 6.45) is 0. The van der Waals surface area contributed by atoms with Gasteiger partial charge in [0.15, 0.2) is 0 Å². The van der Waals surface area contributed by atoms with E-state index >= 15 is 0 Å². The molecule has 0 spiro atoms. The van der Waals surface area contributed by atoms with Crippen LogP contribution in [0.4, 0.5) is 4.39 Å². The van der Waals surface area contributed by atoms with Gasteiger partial charge in [-0.3, -0.25) is 0 Å². The second-order valence-electron chi connectivity index (χ2n) is 3.37. The van der Waals surface area contributed by atoms with E-state index in [-0.39, 0.29) is 5.82 Å². The van der Waals surface area contributed by atoms with Gasteiger partial charge in [0.2, 0.25) is 0 Å². The van der Waals surface area contributed by atoms with E-state index < -0.39 is 0 Å². The van der Waals surface area contributed by atoms with Crippen LogP contribution in [0.5, 0.6) is 11.5 Å². The summed E-state index contributed by atoms with van der Waals surface area (Å²) in [7, 11) is 0. The first-order valence-corrected chi connectivity index (χ1v) is 4.74. The monoisotopic (exact) mass is 194 g/mol. The molecule has 0 aromatic heterocycles. The molecule has 15 heavy (non-hydrogen) atoms. The van der Waals surface area contributed by atoms with Gasteiger partial charge in [0.1, 0.15) is 0 Å². The van der Waals surface area contributed by atoms with Crippen LogP contribution in [-0.2, 0) is 0 Å². The summed E-state index contributed by atoms with van der Waals surface area (Å²) < 4.78 is 19.3. The minimum absolute atomic E-state index is 0.258. The summed E-state index contributed by atoms with van der Waals surface area (Å²) in [6, 6.07) is 13.7. The molecule has 1 nitrogen and oxygen atoms in total. The van der Waals surface area contributed by atoms with Crippen LogP contribution in [0, 0.1) is 5.82 Å². The molecule has 2 aromatic carbocycles. The topological polar surface area (TPSA) is 9.23 Å². The zero-order valence-corrected chi connectivity index (χ0v) is 8.41. The van der Waals surface area contributed by atoms with Crippen LogP contribution in [-0.4, -0.2) is 17.7 Å². The molecular weight excluding hydrogens is 186 g/mol. The van der Waals surface area contributed by atoms with E-state index in [4.69, 9.17) is 4.74 Å². The normalized spacial score (nSPS) is 10.1. The standard InChI is InChI=1S/C12H8FO.Li/c13-10-6-8-12(9-7-10)14-11-4-2-1-3-5-11;/h2-9H;. The van der Waals surface area contributed by atoms with Crippen LogP contribution in [0.2, 0.25) is 0 Å². The van der Waals surface area contributed by atoms with E-state index in [2.05, 4.69) is 0 Å². The number of ether oxygens (including phenoxy) is 1. The summed E-state index contributed by atoms with van der Waals surface area (Å²) in [6.45, 7) is 0. The van der Waals surface area contributed by atoms with Crippen LogP contribution in [0.25, 0.3) is 0 Å². The molecule has 0 bridgehead atoms. The Bertz CT molecular complexity index is 393.